The van der Waals surface area contributed by atoms with Gasteiger partial charge in [-0.1, -0.05) is 273 Å². The monoisotopic (exact) mass is 1230 g/mol. The lowest BCUT2D eigenvalue weighted by Gasteiger charge is -2.46. The Balaban J connectivity index is 1.70. The Morgan fingerprint density at radius 2 is 0.770 bits per heavy atom. The molecular formula is C73H131NO13. The second-order valence-electron chi connectivity index (χ2n) is 25.0. The van der Waals surface area contributed by atoms with Gasteiger partial charge in [-0.2, -0.15) is 0 Å². The third kappa shape index (κ3) is 41.5. The molecule has 2 rings (SSSR count). The number of carbonyl (C=O) groups is 1. The van der Waals surface area contributed by atoms with Gasteiger partial charge in [0.1, 0.15) is 48.8 Å². The molecule has 2 fully saturated rings. The zero-order valence-corrected chi connectivity index (χ0v) is 55.0. The van der Waals surface area contributed by atoms with E-state index in [0.717, 1.165) is 77.0 Å². The first-order valence-corrected chi connectivity index (χ1v) is 35.7. The molecule has 0 bridgehead atoms. The van der Waals surface area contributed by atoms with Crippen LogP contribution in [-0.2, 0) is 23.7 Å². The lowest BCUT2D eigenvalue weighted by atomic mass is 9.97. The molecular weight excluding hydrogens is 1100 g/mol. The molecule has 12 atom stereocenters. The lowest BCUT2D eigenvalue weighted by molar-refractivity contribution is -0.359. The fourth-order valence-electron chi connectivity index (χ4n) is 11.4. The Morgan fingerprint density at radius 1 is 0.414 bits per heavy atom. The van der Waals surface area contributed by atoms with Gasteiger partial charge in [0.2, 0.25) is 5.91 Å². The number of hydrogen-bond acceptors (Lipinski definition) is 13. The van der Waals surface area contributed by atoms with Crippen LogP contribution in [0.3, 0.4) is 0 Å². The lowest BCUT2D eigenvalue weighted by Crippen LogP contribution is -2.65. The zero-order chi connectivity index (χ0) is 63.1. The molecule has 0 aromatic rings. The highest BCUT2D eigenvalue weighted by Gasteiger charge is 2.51. The van der Waals surface area contributed by atoms with Gasteiger partial charge >= 0.3 is 0 Å². The molecule has 0 aromatic carbocycles. The summed E-state index contributed by atoms with van der Waals surface area (Å²) < 4.78 is 22.8. The van der Waals surface area contributed by atoms with Crippen molar-refractivity contribution in [1.29, 1.82) is 0 Å². The van der Waals surface area contributed by atoms with E-state index in [0.29, 0.717) is 12.8 Å². The predicted molar refractivity (Wildman–Crippen MR) is 355 cm³/mol. The summed E-state index contributed by atoms with van der Waals surface area (Å²) in [7, 11) is 0. The molecule has 2 aliphatic heterocycles. The Hall–Kier alpha value is -2.57. The first-order valence-electron chi connectivity index (χ1n) is 35.7. The van der Waals surface area contributed by atoms with Crippen molar-refractivity contribution in [2.75, 3.05) is 19.8 Å². The fraction of sp³-hybridized carbons (Fsp3) is 0.822. The van der Waals surface area contributed by atoms with Crippen LogP contribution >= 0.6 is 0 Å². The molecule has 0 saturated carbocycles. The predicted octanol–water partition coefficient (Wildman–Crippen LogP) is 14.6. The van der Waals surface area contributed by atoms with Crippen LogP contribution < -0.4 is 5.32 Å². The van der Waals surface area contributed by atoms with E-state index < -0.39 is 86.8 Å². The summed E-state index contributed by atoms with van der Waals surface area (Å²) in [6.07, 6.45) is 61.1. The van der Waals surface area contributed by atoms with Crippen LogP contribution in [0, 0.1) is 0 Å². The Morgan fingerprint density at radius 3 is 1.21 bits per heavy atom. The van der Waals surface area contributed by atoms with Crippen LogP contribution in [0.25, 0.3) is 0 Å². The van der Waals surface area contributed by atoms with Gasteiger partial charge in [0.25, 0.3) is 0 Å². The number of hydrogen-bond donors (Lipinski definition) is 9. The van der Waals surface area contributed by atoms with Gasteiger partial charge in [-0.3, -0.25) is 4.79 Å². The van der Waals surface area contributed by atoms with Crippen molar-refractivity contribution < 1.29 is 64.6 Å². The number of nitrogens with one attached hydrogen (secondary N) is 1. The van der Waals surface area contributed by atoms with E-state index in [1.165, 1.54) is 180 Å². The topological polar surface area (TPSA) is 228 Å². The maximum atomic E-state index is 13.3. The summed E-state index contributed by atoms with van der Waals surface area (Å²) in [5.41, 5.74) is 0. The summed E-state index contributed by atoms with van der Waals surface area (Å²) in [5.74, 6) is -0.265. The van der Waals surface area contributed by atoms with Crippen molar-refractivity contribution in [2.45, 2.75) is 364 Å². The molecule has 0 aliphatic carbocycles. The standard InChI is InChI=1S/C73H131NO13/c1-3-5-7-9-11-13-15-17-19-21-23-25-26-27-28-29-30-31-32-33-34-35-37-38-40-42-44-46-48-50-52-54-56-62(77)61(60-84-72-70(83)68(81)71(64(59-76)86-72)87-73-69(82)67(80)66(79)63(58-75)85-73)74-65(78)57-55-53-51-49-47-45-43-41-39-36-24-22-20-18-16-14-12-10-8-6-4-2/h16,18,22,24,38-41,46,48,54,56,61-64,66-73,75-77,79-83H,3-15,17,19-21,23,25-37,42-45,47,49-53,55,57-60H2,1-2H3,(H,74,78)/b18-16-,24-22-,40-38+,41-39-,48-46+,56-54+. The van der Waals surface area contributed by atoms with E-state index in [4.69, 9.17) is 18.9 Å². The zero-order valence-electron chi connectivity index (χ0n) is 55.0. The highest BCUT2D eigenvalue weighted by Crippen LogP contribution is 2.30. The molecule has 14 heteroatoms. The number of ether oxygens (including phenoxy) is 4. The third-order valence-corrected chi connectivity index (χ3v) is 17.1. The van der Waals surface area contributed by atoms with E-state index in [2.05, 4.69) is 79.9 Å². The average Bonchev–Trinajstić information content (AvgIpc) is 1.56. The summed E-state index contributed by atoms with van der Waals surface area (Å²) in [5, 5.41) is 87.4. The number of amides is 1. The average molecular weight is 1230 g/mol. The van der Waals surface area contributed by atoms with Gasteiger partial charge in [0.15, 0.2) is 12.6 Å². The van der Waals surface area contributed by atoms with Crippen molar-refractivity contribution >= 4 is 5.91 Å². The van der Waals surface area contributed by atoms with E-state index in [-0.39, 0.29) is 18.9 Å². The minimum absolute atomic E-state index is 0.252. The number of unbranched alkanes of at least 4 members (excludes halogenated alkanes) is 35. The normalized spacial score (nSPS) is 23.7. The number of allylic oxidation sites excluding steroid dienone is 11. The van der Waals surface area contributed by atoms with Gasteiger partial charge in [-0.25, -0.2) is 0 Å². The van der Waals surface area contributed by atoms with Crippen LogP contribution in [0.4, 0.5) is 0 Å². The van der Waals surface area contributed by atoms with Gasteiger partial charge in [0, 0.05) is 6.42 Å². The molecule has 2 saturated heterocycles. The van der Waals surface area contributed by atoms with Crippen LogP contribution in [0.2, 0.25) is 0 Å². The minimum atomic E-state index is -1.80. The molecule has 14 nitrogen and oxygen atoms in total. The quantitative estimate of drug-likeness (QED) is 0.0204. The van der Waals surface area contributed by atoms with Crippen LogP contribution in [0.1, 0.15) is 290 Å². The summed E-state index contributed by atoms with van der Waals surface area (Å²) in [6.45, 7) is 2.78. The molecule has 506 valence electrons. The maximum Gasteiger partial charge on any atom is 0.220 e. The molecule has 9 N–H and O–H groups in total. The number of rotatable bonds is 58. The Bertz CT molecular complexity index is 1740. The van der Waals surface area contributed by atoms with E-state index >= 15 is 0 Å². The van der Waals surface area contributed by atoms with Crippen molar-refractivity contribution in [3.63, 3.8) is 0 Å². The molecule has 12 unspecified atom stereocenters. The molecule has 0 aromatic heterocycles. The largest absolute Gasteiger partial charge is 0.394 e. The summed E-state index contributed by atoms with van der Waals surface area (Å²) in [4.78, 5) is 13.3. The first-order chi connectivity index (χ1) is 42.6. The second kappa shape index (κ2) is 57.3. The molecule has 2 heterocycles. The Labute approximate surface area is 529 Å². The number of carbonyl (C=O) groups excluding carboxylic acids is 1. The molecule has 1 amide bonds. The van der Waals surface area contributed by atoms with E-state index in [1.54, 1.807) is 6.08 Å². The van der Waals surface area contributed by atoms with Crippen molar-refractivity contribution in [1.82, 2.24) is 5.32 Å². The highest BCUT2D eigenvalue weighted by atomic mass is 16.7. The first kappa shape index (κ1) is 80.5. The summed E-state index contributed by atoms with van der Waals surface area (Å²) in [6, 6.07) is -0.951. The van der Waals surface area contributed by atoms with E-state index in [1.807, 2.05) is 6.08 Å². The van der Waals surface area contributed by atoms with Crippen LogP contribution in [-0.4, -0.2) is 140 Å². The second-order valence-corrected chi connectivity index (χ2v) is 25.0. The van der Waals surface area contributed by atoms with E-state index in [9.17, 15) is 45.6 Å². The van der Waals surface area contributed by atoms with Crippen LogP contribution in [0.5, 0.6) is 0 Å². The maximum absolute atomic E-state index is 13.3. The molecule has 2 aliphatic rings. The SMILES string of the molecule is CCCCCCC/C=C\C/C=C\C/C=C\CCCCCCCCC(=O)NC(COC1OC(CO)C(OC2OC(CO)C(O)C(O)C2O)C(O)C1O)C(O)/C=C/CC/C=C/CC/C=C/CCCCCCCCCCCCCCCCCCCCCCCC. The van der Waals surface area contributed by atoms with Gasteiger partial charge in [0.05, 0.1) is 32.0 Å². The van der Waals surface area contributed by atoms with Gasteiger partial charge < -0.3 is 65.1 Å². The fourth-order valence-corrected chi connectivity index (χ4v) is 11.4. The number of aliphatic hydroxyl groups is 8. The number of aliphatic hydroxyl groups excluding tert-OH is 8. The van der Waals surface area contributed by atoms with Crippen molar-refractivity contribution in [3.05, 3.63) is 72.9 Å². The van der Waals surface area contributed by atoms with Crippen molar-refractivity contribution in [2.24, 2.45) is 0 Å². The van der Waals surface area contributed by atoms with Crippen LogP contribution in [0.15, 0.2) is 72.9 Å². The highest BCUT2D eigenvalue weighted by molar-refractivity contribution is 5.76. The van der Waals surface area contributed by atoms with Gasteiger partial charge in [-0.15, -0.1) is 0 Å². The van der Waals surface area contributed by atoms with Crippen molar-refractivity contribution in [3.8, 4) is 0 Å². The minimum Gasteiger partial charge on any atom is -0.394 e. The molecule has 0 spiro atoms. The Kier molecular flexibility index (Phi) is 53.1. The third-order valence-electron chi connectivity index (χ3n) is 17.1. The molecule has 87 heavy (non-hydrogen) atoms. The summed E-state index contributed by atoms with van der Waals surface area (Å²) >= 11 is 0. The van der Waals surface area contributed by atoms with Gasteiger partial charge in [-0.05, 0) is 83.5 Å². The smallest absolute Gasteiger partial charge is 0.220 e. The molecule has 0 radical (unpaired) electrons.